The van der Waals surface area contributed by atoms with Gasteiger partial charge in [-0.2, -0.15) is 0 Å². The van der Waals surface area contributed by atoms with Crippen molar-refractivity contribution in [2.75, 3.05) is 6.61 Å². The van der Waals surface area contributed by atoms with Gasteiger partial charge < -0.3 is 9.84 Å². The summed E-state index contributed by atoms with van der Waals surface area (Å²) in [5.41, 5.74) is 1.75. The number of unbranched alkanes of at least 4 members (excludes halogenated alkanes) is 1. The molecule has 2 atom stereocenters. The minimum atomic E-state index is -0.870. The molecule has 0 aliphatic carbocycles. The first-order chi connectivity index (χ1) is 11.2. The lowest BCUT2D eigenvalue weighted by atomic mass is 9.90. The number of aliphatic hydroxyl groups is 1. The van der Waals surface area contributed by atoms with E-state index in [-0.39, 0.29) is 5.97 Å². The van der Waals surface area contributed by atoms with Gasteiger partial charge in [-0.25, -0.2) is 0 Å². The Bertz CT molecular complexity index is 580. The zero-order valence-electron chi connectivity index (χ0n) is 13.5. The Hall–Kier alpha value is -2.13. The van der Waals surface area contributed by atoms with Gasteiger partial charge in [0, 0.05) is 0 Å². The molecule has 2 aromatic carbocycles. The molecule has 0 aromatic heterocycles. The fraction of sp³-hybridized carbons (Fsp3) is 0.350. The number of aliphatic hydroxyl groups excluding tert-OH is 1. The Kier molecular flexibility index (Phi) is 6.82. The van der Waals surface area contributed by atoms with Crippen LogP contribution in [0.5, 0.6) is 0 Å². The van der Waals surface area contributed by atoms with Crippen LogP contribution in [0.25, 0.3) is 0 Å². The first-order valence-corrected chi connectivity index (χ1v) is 8.16. The van der Waals surface area contributed by atoms with E-state index in [1.54, 1.807) is 0 Å². The van der Waals surface area contributed by atoms with Crippen molar-refractivity contribution in [2.45, 2.75) is 32.3 Å². The van der Waals surface area contributed by atoms with E-state index in [2.05, 4.69) is 0 Å². The fourth-order valence-corrected chi connectivity index (χ4v) is 2.50. The molecule has 0 aliphatic rings. The van der Waals surface area contributed by atoms with Gasteiger partial charge in [0.15, 0.2) is 0 Å². The van der Waals surface area contributed by atoms with Gasteiger partial charge in [-0.15, -0.1) is 0 Å². The van der Waals surface area contributed by atoms with Gasteiger partial charge in [-0.3, -0.25) is 4.79 Å². The minimum Gasteiger partial charge on any atom is -0.465 e. The lowest BCUT2D eigenvalue weighted by Gasteiger charge is -2.22. The van der Waals surface area contributed by atoms with Crippen LogP contribution in [-0.2, 0) is 16.0 Å². The first kappa shape index (κ1) is 17.2. The summed E-state index contributed by atoms with van der Waals surface area (Å²) in [7, 11) is 0. The van der Waals surface area contributed by atoms with Crippen molar-refractivity contribution < 1.29 is 14.6 Å². The smallest absolute Gasteiger partial charge is 0.312 e. The number of carbonyl (C=O) groups is 1. The van der Waals surface area contributed by atoms with E-state index < -0.39 is 12.0 Å². The molecule has 23 heavy (non-hydrogen) atoms. The van der Waals surface area contributed by atoms with Crippen molar-refractivity contribution >= 4 is 5.97 Å². The number of hydrogen-bond donors (Lipinski definition) is 1. The summed E-state index contributed by atoms with van der Waals surface area (Å²) < 4.78 is 5.36. The van der Waals surface area contributed by atoms with Crippen LogP contribution >= 0.6 is 0 Å². The van der Waals surface area contributed by atoms with Gasteiger partial charge in [-0.05, 0) is 24.0 Å². The van der Waals surface area contributed by atoms with E-state index in [9.17, 15) is 9.90 Å². The molecule has 2 unspecified atom stereocenters. The normalized spacial score (nSPS) is 13.3. The summed E-state index contributed by atoms with van der Waals surface area (Å²) in [6.07, 6.45) is 1.40. The van der Waals surface area contributed by atoms with Crippen molar-refractivity contribution in [3.8, 4) is 0 Å². The molecule has 0 radical (unpaired) electrons. The van der Waals surface area contributed by atoms with E-state index in [1.165, 1.54) is 0 Å². The Balaban J connectivity index is 2.15. The van der Waals surface area contributed by atoms with Gasteiger partial charge >= 0.3 is 5.97 Å². The monoisotopic (exact) mass is 312 g/mol. The maximum atomic E-state index is 12.5. The molecule has 2 aromatic rings. The van der Waals surface area contributed by atoms with Gasteiger partial charge in [0.05, 0.1) is 18.6 Å². The zero-order chi connectivity index (χ0) is 16.5. The number of ether oxygens (including phenoxy) is 1. The number of hydrogen-bond acceptors (Lipinski definition) is 3. The highest BCUT2D eigenvalue weighted by Gasteiger charge is 2.29. The molecule has 0 fully saturated rings. The van der Waals surface area contributed by atoms with E-state index in [0.717, 1.165) is 24.0 Å². The molecule has 2 rings (SSSR count). The Labute approximate surface area is 137 Å². The molecule has 3 nitrogen and oxygen atoms in total. The predicted octanol–water partition coefficient (Wildman–Crippen LogP) is 3.92. The molecule has 0 saturated heterocycles. The van der Waals surface area contributed by atoms with Crippen molar-refractivity contribution in [3.63, 3.8) is 0 Å². The predicted molar refractivity (Wildman–Crippen MR) is 90.9 cm³/mol. The maximum Gasteiger partial charge on any atom is 0.312 e. The number of carbonyl (C=O) groups excluding carboxylic acids is 1. The van der Waals surface area contributed by atoms with Crippen molar-refractivity contribution in [3.05, 3.63) is 71.8 Å². The van der Waals surface area contributed by atoms with Crippen LogP contribution < -0.4 is 0 Å². The minimum absolute atomic E-state index is 0.335. The molecule has 0 spiro atoms. The maximum absolute atomic E-state index is 12.5. The third kappa shape index (κ3) is 5.22. The van der Waals surface area contributed by atoms with Crippen LogP contribution in [0.15, 0.2) is 60.7 Å². The molecule has 0 aliphatic heterocycles. The molecule has 0 saturated carbocycles. The zero-order valence-corrected chi connectivity index (χ0v) is 13.5. The van der Waals surface area contributed by atoms with E-state index >= 15 is 0 Å². The summed E-state index contributed by atoms with van der Waals surface area (Å²) in [6, 6.07) is 19.0. The van der Waals surface area contributed by atoms with Crippen molar-refractivity contribution in [2.24, 2.45) is 5.92 Å². The van der Waals surface area contributed by atoms with Crippen molar-refractivity contribution in [1.29, 1.82) is 0 Å². The number of esters is 1. The van der Waals surface area contributed by atoms with Crippen molar-refractivity contribution in [1.82, 2.24) is 0 Å². The van der Waals surface area contributed by atoms with Gasteiger partial charge in [0.1, 0.15) is 0 Å². The molecule has 0 heterocycles. The molecule has 0 amide bonds. The largest absolute Gasteiger partial charge is 0.465 e. The van der Waals surface area contributed by atoms with Crippen LogP contribution in [0.3, 0.4) is 0 Å². The van der Waals surface area contributed by atoms with Gasteiger partial charge in [0.2, 0.25) is 0 Å². The Morgan fingerprint density at radius 1 is 1.04 bits per heavy atom. The molecular weight excluding hydrogens is 288 g/mol. The van der Waals surface area contributed by atoms with E-state index in [0.29, 0.717) is 13.0 Å². The first-order valence-electron chi connectivity index (χ1n) is 8.16. The van der Waals surface area contributed by atoms with Gasteiger partial charge in [0.25, 0.3) is 0 Å². The average molecular weight is 312 g/mol. The molecule has 0 bridgehead atoms. The highest BCUT2D eigenvalue weighted by Crippen LogP contribution is 2.26. The summed E-state index contributed by atoms with van der Waals surface area (Å²) in [6.45, 7) is 2.45. The number of benzene rings is 2. The standard InChI is InChI=1S/C20H24O3/c1-2-3-14-23-20(22)18(15-16-10-6-4-7-11-16)19(21)17-12-8-5-9-13-17/h4-13,18-19,21H,2-3,14-15H2,1H3. The summed E-state index contributed by atoms with van der Waals surface area (Å²) in [4.78, 5) is 12.5. The molecule has 122 valence electrons. The molecular formula is C20H24O3. The summed E-state index contributed by atoms with van der Waals surface area (Å²) >= 11 is 0. The summed E-state index contributed by atoms with van der Waals surface area (Å²) in [5.74, 6) is -0.935. The van der Waals surface area contributed by atoms with Crippen LogP contribution in [0.1, 0.15) is 37.0 Å². The molecule has 1 N–H and O–H groups in total. The average Bonchev–Trinajstić information content (AvgIpc) is 2.61. The molecule has 3 heteroatoms. The topological polar surface area (TPSA) is 46.5 Å². The second kappa shape index (κ2) is 9.11. The quantitative estimate of drug-likeness (QED) is 0.593. The second-order valence-corrected chi connectivity index (χ2v) is 5.67. The van der Waals surface area contributed by atoms with E-state index in [1.807, 2.05) is 67.6 Å². The van der Waals surface area contributed by atoms with Crippen LogP contribution in [0.4, 0.5) is 0 Å². The third-order valence-electron chi connectivity index (χ3n) is 3.87. The Morgan fingerprint density at radius 2 is 1.65 bits per heavy atom. The Morgan fingerprint density at radius 3 is 2.26 bits per heavy atom. The second-order valence-electron chi connectivity index (χ2n) is 5.67. The van der Waals surface area contributed by atoms with Crippen LogP contribution in [-0.4, -0.2) is 17.7 Å². The highest BCUT2D eigenvalue weighted by molar-refractivity contribution is 5.74. The van der Waals surface area contributed by atoms with Crippen LogP contribution in [0, 0.1) is 5.92 Å². The number of rotatable bonds is 8. The van der Waals surface area contributed by atoms with Gasteiger partial charge in [-0.1, -0.05) is 74.0 Å². The highest BCUT2D eigenvalue weighted by atomic mass is 16.5. The van der Waals surface area contributed by atoms with E-state index in [4.69, 9.17) is 4.74 Å². The fourth-order valence-electron chi connectivity index (χ4n) is 2.50. The third-order valence-corrected chi connectivity index (χ3v) is 3.87. The van der Waals surface area contributed by atoms with Crippen LogP contribution in [0.2, 0.25) is 0 Å². The lowest BCUT2D eigenvalue weighted by molar-refractivity contribution is -0.152. The SMILES string of the molecule is CCCCOC(=O)C(Cc1ccccc1)C(O)c1ccccc1. The summed E-state index contributed by atoms with van der Waals surface area (Å²) in [5, 5.41) is 10.7. The lowest BCUT2D eigenvalue weighted by Crippen LogP contribution is -2.27.